The van der Waals surface area contributed by atoms with E-state index in [2.05, 4.69) is 13.8 Å². The number of carbonyl (C=O) groups is 2. The van der Waals surface area contributed by atoms with Gasteiger partial charge in [-0.1, -0.05) is 20.8 Å². The lowest BCUT2D eigenvalue weighted by molar-refractivity contribution is -0.148. The molecule has 20 heavy (non-hydrogen) atoms. The summed E-state index contributed by atoms with van der Waals surface area (Å²) in [5.74, 6) is 0.122. The first-order chi connectivity index (χ1) is 9.33. The number of urea groups is 1. The molecule has 0 N–H and O–H groups in total. The van der Waals surface area contributed by atoms with Gasteiger partial charge in [0.1, 0.15) is 6.04 Å². The summed E-state index contributed by atoms with van der Waals surface area (Å²) in [6, 6.07) is -0.600. The number of amides is 2. The Kier molecular flexibility index (Phi) is 5.80. The Morgan fingerprint density at radius 2 is 2.10 bits per heavy atom. The van der Waals surface area contributed by atoms with Gasteiger partial charge >= 0.3 is 12.0 Å². The number of methoxy groups -OCH3 is 1. The minimum Gasteiger partial charge on any atom is -0.468 e. The lowest BCUT2D eigenvalue weighted by atomic mass is 10.1. The van der Waals surface area contributed by atoms with Gasteiger partial charge in [0, 0.05) is 20.1 Å². The Morgan fingerprint density at radius 1 is 1.50 bits per heavy atom. The van der Waals surface area contributed by atoms with Crippen molar-refractivity contribution in [1.82, 2.24) is 14.7 Å². The van der Waals surface area contributed by atoms with Gasteiger partial charge in [-0.05, 0) is 19.5 Å². The molecule has 1 saturated heterocycles. The van der Waals surface area contributed by atoms with Crippen LogP contribution in [0, 0.1) is 5.92 Å². The Bertz CT molecular complexity index is 360. The Morgan fingerprint density at radius 3 is 2.55 bits per heavy atom. The number of hydrogen-bond acceptors (Lipinski definition) is 4. The van der Waals surface area contributed by atoms with Crippen LogP contribution in [0.5, 0.6) is 0 Å². The molecule has 0 bridgehead atoms. The van der Waals surface area contributed by atoms with E-state index in [9.17, 15) is 9.59 Å². The van der Waals surface area contributed by atoms with E-state index >= 15 is 0 Å². The van der Waals surface area contributed by atoms with Crippen LogP contribution in [-0.2, 0) is 9.53 Å². The minimum atomic E-state index is -0.420. The van der Waals surface area contributed by atoms with Crippen LogP contribution in [0.2, 0.25) is 0 Å². The number of nitrogens with zero attached hydrogens (tertiary/aromatic N) is 3. The summed E-state index contributed by atoms with van der Waals surface area (Å²) in [6.07, 6.45) is 0. The summed E-state index contributed by atoms with van der Waals surface area (Å²) in [4.78, 5) is 29.7. The standard InChI is InChI=1S/C14H27N3O3/c1-7-15(4)12(13(18)20-6)11-9-17(8-10(2)3)14(19)16(11)5/h10-12H,7-9H2,1-6H3/t11-,12+/m0/s1. The van der Waals surface area contributed by atoms with Crippen LogP contribution < -0.4 is 0 Å². The molecule has 0 aromatic heterocycles. The molecule has 1 rings (SSSR count). The van der Waals surface area contributed by atoms with Crippen molar-refractivity contribution < 1.29 is 14.3 Å². The quantitative estimate of drug-likeness (QED) is 0.680. The van der Waals surface area contributed by atoms with E-state index in [1.807, 2.05) is 23.8 Å². The highest BCUT2D eigenvalue weighted by Crippen LogP contribution is 2.21. The molecular weight excluding hydrogens is 258 g/mol. The molecule has 2 atom stereocenters. The van der Waals surface area contributed by atoms with Gasteiger partial charge in [0.2, 0.25) is 0 Å². The third kappa shape index (κ3) is 3.42. The van der Waals surface area contributed by atoms with Crippen molar-refractivity contribution in [3.8, 4) is 0 Å². The van der Waals surface area contributed by atoms with E-state index in [-0.39, 0.29) is 18.0 Å². The average Bonchev–Trinajstić information content (AvgIpc) is 2.66. The lowest BCUT2D eigenvalue weighted by Crippen LogP contribution is -2.53. The molecule has 0 aromatic rings. The number of hydrogen-bond donors (Lipinski definition) is 0. The molecule has 0 spiro atoms. The van der Waals surface area contributed by atoms with Crippen molar-refractivity contribution in [3.05, 3.63) is 0 Å². The van der Waals surface area contributed by atoms with E-state index in [1.54, 1.807) is 11.9 Å². The van der Waals surface area contributed by atoms with Crippen molar-refractivity contribution in [2.75, 3.05) is 40.8 Å². The summed E-state index contributed by atoms with van der Waals surface area (Å²) >= 11 is 0. The Labute approximate surface area is 121 Å². The molecule has 0 aromatic carbocycles. The van der Waals surface area contributed by atoms with Crippen molar-refractivity contribution in [2.24, 2.45) is 5.92 Å². The number of esters is 1. The highest BCUT2D eigenvalue weighted by Gasteiger charge is 2.44. The van der Waals surface area contributed by atoms with Gasteiger partial charge in [-0.25, -0.2) is 4.79 Å². The number of ether oxygens (including phenoxy) is 1. The minimum absolute atomic E-state index is 0.0119. The monoisotopic (exact) mass is 285 g/mol. The molecule has 0 aliphatic carbocycles. The molecule has 1 fully saturated rings. The summed E-state index contributed by atoms with van der Waals surface area (Å²) in [7, 11) is 5.03. The first-order valence-electron chi connectivity index (χ1n) is 7.13. The van der Waals surface area contributed by atoms with Crippen LogP contribution in [0.4, 0.5) is 4.79 Å². The van der Waals surface area contributed by atoms with Crippen LogP contribution in [0.1, 0.15) is 20.8 Å². The van der Waals surface area contributed by atoms with Gasteiger partial charge in [0.15, 0.2) is 0 Å². The van der Waals surface area contributed by atoms with Crippen molar-refractivity contribution in [1.29, 1.82) is 0 Å². The second-order valence-corrected chi connectivity index (χ2v) is 5.80. The van der Waals surface area contributed by atoms with Crippen LogP contribution in [0.3, 0.4) is 0 Å². The molecule has 0 saturated carbocycles. The molecule has 1 aliphatic rings. The van der Waals surface area contributed by atoms with E-state index in [0.717, 1.165) is 6.54 Å². The van der Waals surface area contributed by atoms with Crippen LogP contribution in [0.25, 0.3) is 0 Å². The molecule has 0 radical (unpaired) electrons. The lowest BCUT2D eigenvalue weighted by Gasteiger charge is -2.32. The fourth-order valence-corrected chi connectivity index (χ4v) is 2.64. The number of rotatable bonds is 6. The molecule has 116 valence electrons. The first-order valence-corrected chi connectivity index (χ1v) is 7.13. The van der Waals surface area contributed by atoms with E-state index < -0.39 is 6.04 Å². The maximum Gasteiger partial charge on any atom is 0.325 e. The maximum atomic E-state index is 12.3. The van der Waals surface area contributed by atoms with Gasteiger partial charge in [0.25, 0.3) is 0 Å². The Balaban J connectivity index is 2.92. The third-order valence-corrected chi connectivity index (χ3v) is 3.84. The SMILES string of the molecule is CCN(C)[C@@H](C(=O)OC)[C@@H]1CN(CC(C)C)C(=O)N1C. The average molecular weight is 285 g/mol. The smallest absolute Gasteiger partial charge is 0.325 e. The molecule has 0 unspecified atom stereocenters. The van der Waals surface area contributed by atoms with Gasteiger partial charge < -0.3 is 14.5 Å². The second kappa shape index (κ2) is 6.92. The largest absolute Gasteiger partial charge is 0.468 e. The summed E-state index contributed by atoms with van der Waals surface area (Å²) in [5, 5.41) is 0. The van der Waals surface area contributed by atoms with Gasteiger partial charge in [0.05, 0.1) is 13.2 Å². The van der Waals surface area contributed by atoms with Gasteiger partial charge in [-0.15, -0.1) is 0 Å². The maximum absolute atomic E-state index is 12.3. The van der Waals surface area contributed by atoms with Gasteiger partial charge in [-0.3, -0.25) is 9.69 Å². The van der Waals surface area contributed by atoms with Crippen LogP contribution >= 0.6 is 0 Å². The van der Waals surface area contributed by atoms with E-state index in [4.69, 9.17) is 4.74 Å². The van der Waals surface area contributed by atoms with Crippen LogP contribution in [-0.4, -0.2) is 79.6 Å². The predicted octanol–water partition coefficient (Wildman–Crippen LogP) is 0.872. The highest BCUT2D eigenvalue weighted by molar-refractivity contribution is 5.82. The van der Waals surface area contributed by atoms with Crippen LogP contribution in [0.15, 0.2) is 0 Å². The molecular formula is C14H27N3O3. The molecule has 1 heterocycles. The normalized spacial score (nSPS) is 21.0. The van der Waals surface area contributed by atoms with E-state index in [0.29, 0.717) is 19.0 Å². The molecule has 6 nitrogen and oxygen atoms in total. The van der Waals surface area contributed by atoms with Gasteiger partial charge in [-0.2, -0.15) is 0 Å². The molecule has 6 heteroatoms. The number of likely N-dealkylation sites (N-methyl/N-ethyl adjacent to an activating group) is 2. The fraction of sp³-hybridized carbons (Fsp3) is 0.857. The fourth-order valence-electron chi connectivity index (χ4n) is 2.64. The van der Waals surface area contributed by atoms with E-state index in [1.165, 1.54) is 7.11 Å². The number of carbonyl (C=O) groups excluding carboxylic acids is 2. The Hall–Kier alpha value is -1.30. The highest BCUT2D eigenvalue weighted by atomic mass is 16.5. The zero-order chi connectivity index (χ0) is 15.4. The molecule has 2 amide bonds. The third-order valence-electron chi connectivity index (χ3n) is 3.84. The topological polar surface area (TPSA) is 53.1 Å². The second-order valence-electron chi connectivity index (χ2n) is 5.80. The van der Waals surface area contributed by atoms with Crippen molar-refractivity contribution >= 4 is 12.0 Å². The van der Waals surface area contributed by atoms with Crippen molar-refractivity contribution in [3.63, 3.8) is 0 Å². The zero-order valence-corrected chi connectivity index (χ0v) is 13.4. The zero-order valence-electron chi connectivity index (χ0n) is 13.4. The predicted molar refractivity (Wildman–Crippen MR) is 77.5 cm³/mol. The van der Waals surface area contributed by atoms with Crippen molar-refractivity contribution in [2.45, 2.75) is 32.9 Å². The summed E-state index contributed by atoms with van der Waals surface area (Å²) in [5.41, 5.74) is 0. The first kappa shape index (κ1) is 16.8. The molecule has 1 aliphatic heterocycles. The summed E-state index contributed by atoms with van der Waals surface area (Å²) in [6.45, 7) is 8.15. The summed E-state index contributed by atoms with van der Waals surface area (Å²) < 4.78 is 4.91.